The van der Waals surface area contributed by atoms with Crippen LogP contribution in [0.15, 0.2) is 4.52 Å². The Labute approximate surface area is 123 Å². The van der Waals surface area contributed by atoms with Gasteiger partial charge in [-0.1, -0.05) is 5.16 Å². The van der Waals surface area contributed by atoms with Crippen molar-refractivity contribution in [3.8, 4) is 0 Å². The molecule has 0 spiro atoms. The van der Waals surface area contributed by atoms with Crippen molar-refractivity contribution in [2.75, 3.05) is 19.3 Å². The lowest BCUT2D eigenvalue weighted by atomic mass is 9.97. The van der Waals surface area contributed by atoms with Gasteiger partial charge in [0.05, 0.1) is 5.75 Å². The van der Waals surface area contributed by atoms with Crippen molar-refractivity contribution in [1.29, 1.82) is 0 Å². The van der Waals surface area contributed by atoms with E-state index in [1.54, 1.807) is 16.7 Å². The van der Waals surface area contributed by atoms with Crippen LogP contribution in [0.4, 0.5) is 4.79 Å². The summed E-state index contributed by atoms with van der Waals surface area (Å²) in [5.74, 6) is 2.53. The molecule has 0 atom stereocenters. The average Bonchev–Trinajstić information content (AvgIpc) is 2.68. The normalized spacial score (nSPS) is 16.1. The molecule has 0 aromatic carbocycles. The molecule has 1 aliphatic rings. The van der Waals surface area contributed by atoms with Gasteiger partial charge in [0.15, 0.2) is 5.82 Å². The van der Waals surface area contributed by atoms with Crippen LogP contribution >= 0.6 is 11.8 Å². The molecule has 6 nitrogen and oxygen atoms in total. The third-order valence-electron chi connectivity index (χ3n) is 2.86. The molecule has 7 heteroatoms. The van der Waals surface area contributed by atoms with E-state index in [9.17, 15) is 4.79 Å². The van der Waals surface area contributed by atoms with Gasteiger partial charge in [-0.2, -0.15) is 16.7 Å². The zero-order valence-electron chi connectivity index (χ0n) is 12.4. The van der Waals surface area contributed by atoms with E-state index in [0.29, 0.717) is 24.9 Å². The minimum Gasteiger partial charge on any atom is -0.444 e. The molecule has 0 saturated carbocycles. The first-order chi connectivity index (χ1) is 9.37. The van der Waals surface area contributed by atoms with E-state index in [1.807, 2.05) is 27.0 Å². The average molecular weight is 299 g/mol. The van der Waals surface area contributed by atoms with Gasteiger partial charge in [0.25, 0.3) is 0 Å². The second-order valence-electron chi connectivity index (χ2n) is 5.99. The van der Waals surface area contributed by atoms with Crippen LogP contribution in [0, 0.1) is 5.92 Å². The maximum atomic E-state index is 11.8. The summed E-state index contributed by atoms with van der Waals surface area (Å²) in [7, 11) is 0. The fraction of sp³-hybridized carbons (Fsp3) is 0.769. The fourth-order valence-electron chi connectivity index (χ4n) is 1.98. The topological polar surface area (TPSA) is 68.5 Å². The summed E-state index contributed by atoms with van der Waals surface area (Å²) >= 11 is 1.66. The van der Waals surface area contributed by atoms with Crippen LogP contribution in [0.25, 0.3) is 0 Å². The molecule has 2 heterocycles. The lowest BCUT2D eigenvalue weighted by molar-refractivity contribution is -0.00186. The molecule has 1 fully saturated rings. The molecule has 1 aromatic heterocycles. The standard InChI is InChI=1S/C13H21N3O3S/c1-13(2,3)18-12(17)16-6-9(7-16)5-11-14-10(8-20-4)15-19-11/h9H,5-8H2,1-4H3. The zero-order valence-corrected chi connectivity index (χ0v) is 13.2. The van der Waals surface area contributed by atoms with Crippen molar-refractivity contribution in [2.24, 2.45) is 5.92 Å². The van der Waals surface area contributed by atoms with Crippen molar-refractivity contribution in [3.05, 3.63) is 11.7 Å². The molecule has 0 N–H and O–H groups in total. The van der Waals surface area contributed by atoms with E-state index in [-0.39, 0.29) is 6.09 Å². The molecular weight excluding hydrogens is 278 g/mol. The Bertz CT molecular complexity index is 464. The maximum Gasteiger partial charge on any atom is 0.410 e. The van der Waals surface area contributed by atoms with E-state index in [4.69, 9.17) is 9.26 Å². The van der Waals surface area contributed by atoms with Gasteiger partial charge in [-0.15, -0.1) is 0 Å². The second-order valence-corrected chi connectivity index (χ2v) is 6.86. The SMILES string of the molecule is CSCc1noc(CC2CN(C(=O)OC(C)(C)C)C2)n1. The molecular formula is C13H21N3O3S. The highest BCUT2D eigenvalue weighted by Gasteiger charge is 2.34. The molecule has 0 unspecified atom stereocenters. The van der Waals surface area contributed by atoms with Gasteiger partial charge in [-0.25, -0.2) is 4.79 Å². The summed E-state index contributed by atoms with van der Waals surface area (Å²) in [4.78, 5) is 17.8. The van der Waals surface area contributed by atoms with Crippen molar-refractivity contribution < 1.29 is 14.1 Å². The van der Waals surface area contributed by atoms with Gasteiger partial charge in [0, 0.05) is 25.4 Å². The lowest BCUT2D eigenvalue weighted by Gasteiger charge is -2.39. The summed E-state index contributed by atoms with van der Waals surface area (Å²) < 4.78 is 10.5. The molecule has 1 amide bonds. The Hall–Kier alpha value is -1.24. The van der Waals surface area contributed by atoms with Crippen LogP contribution in [0.2, 0.25) is 0 Å². The number of carbonyl (C=O) groups excluding carboxylic acids is 1. The third-order valence-corrected chi connectivity index (χ3v) is 3.40. The highest BCUT2D eigenvalue weighted by molar-refractivity contribution is 7.97. The first-order valence-electron chi connectivity index (χ1n) is 6.65. The van der Waals surface area contributed by atoms with Crippen LogP contribution in [0.5, 0.6) is 0 Å². The number of hydrogen-bond acceptors (Lipinski definition) is 6. The van der Waals surface area contributed by atoms with E-state index in [0.717, 1.165) is 18.0 Å². The maximum absolute atomic E-state index is 11.8. The van der Waals surface area contributed by atoms with E-state index in [2.05, 4.69) is 10.1 Å². The van der Waals surface area contributed by atoms with Crippen molar-refractivity contribution in [1.82, 2.24) is 15.0 Å². The summed E-state index contributed by atoms with van der Waals surface area (Å²) in [5, 5.41) is 3.91. The molecule has 2 rings (SSSR count). The van der Waals surface area contributed by atoms with Crippen LogP contribution < -0.4 is 0 Å². The van der Waals surface area contributed by atoms with Gasteiger partial charge in [-0.05, 0) is 27.0 Å². The van der Waals surface area contributed by atoms with Crippen molar-refractivity contribution in [3.63, 3.8) is 0 Å². The Kier molecular flexibility index (Phi) is 4.57. The Morgan fingerprint density at radius 3 is 2.80 bits per heavy atom. The van der Waals surface area contributed by atoms with Crippen molar-refractivity contribution in [2.45, 2.75) is 38.5 Å². The number of rotatable bonds is 4. The molecule has 0 bridgehead atoms. The smallest absolute Gasteiger partial charge is 0.410 e. The number of ether oxygens (including phenoxy) is 1. The Balaban J connectivity index is 1.74. The van der Waals surface area contributed by atoms with Gasteiger partial charge in [-0.3, -0.25) is 0 Å². The van der Waals surface area contributed by atoms with E-state index < -0.39 is 5.60 Å². The van der Waals surface area contributed by atoms with E-state index in [1.165, 1.54) is 0 Å². The number of aromatic nitrogens is 2. The molecule has 1 saturated heterocycles. The highest BCUT2D eigenvalue weighted by Crippen LogP contribution is 2.22. The number of nitrogens with zero attached hydrogens (tertiary/aromatic N) is 3. The number of hydrogen-bond donors (Lipinski definition) is 0. The first-order valence-corrected chi connectivity index (χ1v) is 8.05. The van der Waals surface area contributed by atoms with Crippen molar-refractivity contribution >= 4 is 17.9 Å². The minimum absolute atomic E-state index is 0.248. The van der Waals surface area contributed by atoms with Gasteiger partial charge in [0.2, 0.25) is 5.89 Å². The van der Waals surface area contributed by atoms with Gasteiger partial charge < -0.3 is 14.2 Å². The van der Waals surface area contributed by atoms with Gasteiger partial charge in [0.1, 0.15) is 5.60 Å². The number of carbonyl (C=O) groups is 1. The van der Waals surface area contributed by atoms with Crippen LogP contribution in [0.3, 0.4) is 0 Å². The second kappa shape index (κ2) is 6.03. The minimum atomic E-state index is -0.443. The number of amides is 1. The third kappa shape index (κ3) is 4.13. The lowest BCUT2D eigenvalue weighted by Crippen LogP contribution is -2.52. The van der Waals surface area contributed by atoms with Gasteiger partial charge >= 0.3 is 6.09 Å². The zero-order chi connectivity index (χ0) is 14.8. The molecule has 0 aliphatic carbocycles. The monoisotopic (exact) mass is 299 g/mol. The van der Waals surface area contributed by atoms with Crippen LogP contribution in [-0.4, -0.2) is 46.1 Å². The fourth-order valence-corrected chi connectivity index (χ4v) is 2.36. The largest absolute Gasteiger partial charge is 0.444 e. The quantitative estimate of drug-likeness (QED) is 0.850. The highest BCUT2D eigenvalue weighted by atomic mass is 32.2. The molecule has 112 valence electrons. The van der Waals surface area contributed by atoms with Crippen LogP contribution in [-0.2, 0) is 16.9 Å². The molecule has 1 aromatic rings. The predicted molar refractivity (Wildman–Crippen MR) is 76.5 cm³/mol. The predicted octanol–water partition coefficient (Wildman–Crippen LogP) is 2.34. The number of thioether (sulfide) groups is 1. The molecule has 1 aliphatic heterocycles. The molecule has 0 radical (unpaired) electrons. The summed E-state index contributed by atoms with van der Waals surface area (Å²) in [5.41, 5.74) is -0.443. The summed E-state index contributed by atoms with van der Waals surface area (Å²) in [6.45, 7) is 6.99. The Morgan fingerprint density at radius 2 is 2.20 bits per heavy atom. The van der Waals surface area contributed by atoms with E-state index >= 15 is 0 Å². The summed E-state index contributed by atoms with van der Waals surface area (Å²) in [6.07, 6.45) is 2.48. The Morgan fingerprint density at radius 1 is 1.50 bits per heavy atom. The number of likely N-dealkylation sites (tertiary alicyclic amines) is 1. The van der Waals surface area contributed by atoms with Crippen LogP contribution in [0.1, 0.15) is 32.5 Å². The molecule has 20 heavy (non-hydrogen) atoms. The summed E-state index contributed by atoms with van der Waals surface area (Å²) in [6, 6.07) is 0. The first kappa shape index (κ1) is 15.2.